The van der Waals surface area contributed by atoms with Gasteiger partial charge in [-0.1, -0.05) is 23.7 Å². The second-order valence-electron chi connectivity index (χ2n) is 4.17. The summed E-state index contributed by atoms with van der Waals surface area (Å²) in [5.74, 6) is 0.381. The summed E-state index contributed by atoms with van der Waals surface area (Å²) in [7, 11) is 0. The smallest absolute Gasteiger partial charge is 0.416 e. The quantitative estimate of drug-likeness (QED) is 0.846. The summed E-state index contributed by atoms with van der Waals surface area (Å²) in [5.41, 5.74) is 5.74. The molecule has 0 spiro atoms. The Labute approximate surface area is 118 Å². The highest BCUT2D eigenvalue weighted by atomic mass is 35.5. The van der Waals surface area contributed by atoms with Gasteiger partial charge >= 0.3 is 6.18 Å². The number of hydrogen-bond acceptors (Lipinski definition) is 2. The Morgan fingerprint density at radius 2 is 1.85 bits per heavy atom. The number of nitrogen functional groups attached to an aromatic ring is 1. The minimum absolute atomic E-state index is 0.00421. The topological polar surface area (TPSA) is 35.2 Å². The molecule has 106 valence electrons. The third-order valence-corrected chi connectivity index (χ3v) is 2.86. The summed E-state index contributed by atoms with van der Waals surface area (Å²) in [6, 6.07) is 9.65. The van der Waals surface area contributed by atoms with Gasteiger partial charge < -0.3 is 10.5 Å². The van der Waals surface area contributed by atoms with Crippen LogP contribution in [0.4, 0.5) is 18.9 Å². The van der Waals surface area contributed by atoms with Crippen LogP contribution in [0.2, 0.25) is 5.02 Å². The minimum Gasteiger partial charge on any atom is -0.487 e. The molecule has 2 N–H and O–H groups in total. The van der Waals surface area contributed by atoms with Crippen molar-refractivity contribution in [3.63, 3.8) is 0 Å². The predicted molar refractivity (Wildman–Crippen MR) is 71.6 cm³/mol. The summed E-state index contributed by atoms with van der Waals surface area (Å²) < 4.78 is 43.1. The van der Waals surface area contributed by atoms with Crippen molar-refractivity contribution in [3.05, 3.63) is 58.6 Å². The molecule has 20 heavy (non-hydrogen) atoms. The van der Waals surface area contributed by atoms with Gasteiger partial charge in [-0.25, -0.2) is 0 Å². The maximum absolute atomic E-state index is 12.6. The Bertz CT molecular complexity index is 614. The summed E-state index contributed by atoms with van der Waals surface area (Å²) in [5, 5.41) is 0.467. The number of anilines is 1. The van der Waals surface area contributed by atoms with Crippen LogP contribution in [0.25, 0.3) is 0 Å². The zero-order valence-electron chi connectivity index (χ0n) is 10.2. The highest BCUT2D eigenvalue weighted by Crippen LogP contribution is 2.30. The molecule has 0 heterocycles. The lowest BCUT2D eigenvalue weighted by molar-refractivity contribution is -0.137. The fourth-order valence-corrected chi connectivity index (χ4v) is 1.83. The normalized spacial score (nSPS) is 11.4. The van der Waals surface area contributed by atoms with Crippen molar-refractivity contribution in [1.82, 2.24) is 0 Å². The number of alkyl halides is 3. The van der Waals surface area contributed by atoms with Crippen molar-refractivity contribution in [3.8, 4) is 5.75 Å². The molecule has 0 aliphatic heterocycles. The molecule has 0 aromatic heterocycles. The van der Waals surface area contributed by atoms with Gasteiger partial charge in [-0.15, -0.1) is 0 Å². The van der Waals surface area contributed by atoms with E-state index in [0.29, 0.717) is 22.0 Å². The molecule has 2 aromatic carbocycles. The van der Waals surface area contributed by atoms with Crippen molar-refractivity contribution < 1.29 is 17.9 Å². The molecule has 0 fully saturated rings. The Balaban J connectivity index is 2.11. The van der Waals surface area contributed by atoms with E-state index in [4.69, 9.17) is 22.1 Å². The fraction of sp³-hybridized carbons (Fsp3) is 0.143. The number of benzene rings is 2. The van der Waals surface area contributed by atoms with Gasteiger partial charge in [-0.05, 0) is 35.9 Å². The van der Waals surface area contributed by atoms with E-state index in [1.54, 1.807) is 18.2 Å². The van der Waals surface area contributed by atoms with Crippen molar-refractivity contribution in [1.29, 1.82) is 0 Å². The molecular weight excluding hydrogens is 291 g/mol. The van der Waals surface area contributed by atoms with Crippen LogP contribution in [0.5, 0.6) is 5.75 Å². The van der Waals surface area contributed by atoms with E-state index >= 15 is 0 Å². The lowest BCUT2D eigenvalue weighted by Gasteiger charge is -2.11. The minimum atomic E-state index is -4.37. The molecule has 0 aliphatic rings. The standard InChI is InChI=1S/C14H11ClF3NO/c15-11-4-5-13(12(19)7-11)20-8-9-2-1-3-10(6-9)14(16,17)18/h1-7H,8,19H2. The lowest BCUT2D eigenvalue weighted by Crippen LogP contribution is -2.06. The number of halogens is 4. The number of hydrogen-bond donors (Lipinski definition) is 1. The van der Waals surface area contributed by atoms with Gasteiger partial charge in [-0.2, -0.15) is 13.2 Å². The van der Waals surface area contributed by atoms with E-state index in [0.717, 1.165) is 12.1 Å². The maximum atomic E-state index is 12.6. The third-order valence-electron chi connectivity index (χ3n) is 2.62. The summed E-state index contributed by atoms with van der Waals surface area (Å²) in [6.45, 7) is -0.00421. The first-order chi connectivity index (χ1) is 9.36. The Hall–Kier alpha value is -1.88. The largest absolute Gasteiger partial charge is 0.487 e. The number of ether oxygens (including phenoxy) is 1. The highest BCUT2D eigenvalue weighted by Gasteiger charge is 2.30. The number of rotatable bonds is 3. The molecule has 2 nitrogen and oxygen atoms in total. The lowest BCUT2D eigenvalue weighted by atomic mass is 10.1. The predicted octanol–water partition coefficient (Wildman–Crippen LogP) is 4.52. The van der Waals surface area contributed by atoms with Crippen LogP contribution in [-0.4, -0.2) is 0 Å². The van der Waals surface area contributed by atoms with Gasteiger partial charge in [-0.3, -0.25) is 0 Å². The molecule has 6 heteroatoms. The Morgan fingerprint density at radius 3 is 2.50 bits per heavy atom. The average Bonchev–Trinajstić information content (AvgIpc) is 2.37. The molecule has 0 bridgehead atoms. The van der Waals surface area contributed by atoms with Crippen molar-refractivity contribution in [2.24, 2.45) is 0 Å². The fourth-order valence-electron chi connectivity index (χ4n) is 1.65. The molecule has 0 amide bonds. The summed E-state index contributed by atoms with van der Waals surface area (Å²) in [6.07, 6.45) is -4.37. The molecule has 0 saturated heterocycles. The van der Waals surface area contributed by atoms with Gasteiger partial charge in [0.2, 0.25) is 0 Å². The van der Waals surface area contributed by atoms with E-state index < -0.39 is 11.7 Å². The molecule has 0 atom stereocenters. The Morgan fingerprint density at radius 1 is 1.10 bits per heavy atom. The zero-order chi connectivity index (χ0) is 14.8. The van der Waals surface area contributed by atoms with Gasteiger partial charge in [0, 0.05) is 5.02 Å². The maximum Gasteiger partial charge on any atom is 0.416 e. The molecular formula is C14H11ClF3NO. The van der Waals surface area contributed by atoms with Gasteiger partial charge in [0.1, 0.15) is 12.4 Å². The van der Waals surface area contributed by atoms with E-state index in [-0.39, 0.29) is 6.61 Å². The first kappa shape index (κ1) is 14.5. The summed E-state index contributed by atoms with van der Waals surface area (Å²) in [4.78, 5) is 0. The van der Waals surface area contributed by atoms with Crippen LogP contribution in [-0.2, 0) is 12.8 Å². The van der Waals surface area contributed by atoms with Crippen molar-refractivity contribution in [2.45, 2.75) is 12.8 Å². The van der Waals surface area contributed by atoms with Crippen LogP contribution >= 0.6 is 11.6 Å². The van der Waals surface area contributed by atoms with Crippen molar-refractivity contribution >= 4 is 17.3 Å². The van der Waals surface area contributed by atoms with Crippen LogP contribution in [0, 0.1) is 0 Å². The molecule has 0 unspecified atom stereocenters. The monoisotopic (exact) mass is 301 g/mol. The van der Waals surface area contributed by atoms with Crippen LogP contribution in [0.15, 0.2) is 42.5 Å². The summed E-state index contributed by atoms with van der Waals surface area (Å²) >= 11 is 5.74. The van der Waals surface area contributed by atoms with Crippen LogP contribution in [0.3, 0.4) is 0 Å². The van der Waals surface area contributed by atoms with E-state index in [9.17, 15) is 13.2 Å². The number of nitrogens with two attached hydrogens (primary N) is 1. The second kappa shape index (κ2) is 5.63. The average molecular weight is 302 g/mol. The third kappa shape index (κ3) is 3.57. The van der Waals surface area contributed by atoms with Gasteiger partial charge in [0.05, 0.1) is 11.3 Å². The SMILES string of the molecule is Nc1cc(Cl)ccc1OCc1cccc(C(F)(F)F)c1. The van der Waals surface area contributed by atoms with E-state index in [2.05, 4.69) is 0 Å². The zero-order valence-corrected chi connectivity index (χ0v) is 11.0. The highest BCUT2D eigenvalue weighted by molar-refractivity contribution is 6.30. The first-order valence-electron chi connectivity index (χ1n) is 5.70. The Kier molecular flexibility index (Phi) is 4.09. The second-order valence-corrected chi connectivity index (χ2v) is 4.61. The van der Waals surface area contributed by atoms with E-state index in [1.807, 2.05) is 0 Å². The molecule has 0 radical (unpaired) electrons. The van der Waals surface area contributed by atoms with Crippen molar-refractivity contribution in [2.75, 3.05) is 5.73 Å². The van der Waals surface area contributed by atoms with Gasteiger partial charge in [0.25, 0.3) is 0 Å². The van der Waals surface area contributed by atoms with E-state index in [1.165, 1.54) is 12.1 Å². The molecule has 2 aromatic rings. The van der Waals surface area contributed by atoms with Crippen LogP contribution < -0.4 is 10.5 Å². The molecule has 0 aliphatic carbocycles. The van der Waals surface area contributed by atoms with Gasteiger partial charge in [0.15, 0.2) is 0 Å². The molecule has 2 rings (SSSR count). The first-order valence-corrected chi connectivity index (χ1v) is 6.08. The molecule has 0 saturated carbocycles. The van der Waals surface area contributed by atoms with Crippen LogP contribution in [0.1, 0.15) is 11.1 Å².